The van der Waals surface area contributed by atoms with Crippen molar-refractivity contribution in [3.05, 3.63) is 28.2 Å². The fraction of sp³-hybridized carbons (Fsp3) is 0.500. The highest BCUT2D eigenvalue weighted by Gasteiger charge is 2.25. The first-order valence-electron chi connectivity index (χ1n) is 5.41. The van der Waals surface area contributed by atoms with Crippen molar-refractivity contribution in [3.63, 3.8) is 0 Å². The lowest BCUT2D eigenvalue weighted by Gasteiger charge is -2.32. The molecule has 0 aliphatic heterocycles. The van der Waals surface area contributed by atoms with Gasteiger partial charge in [-0.1, -0.05) is 15.9 Å². The number of hydrogen-bond donors (Lipinski definition) is 2. The molecule has 2 nitrogen and oxygen atoms in total. The maximum atomic E-state index is 5.75. The van der Waals surface area contributed by atoms with Crippen LogP contribution in [0.3, 0.4) is 0 Å². The van der Waals surface area contributed by atoms with Crippen LogP contribution in [0.4, 0.5) is 5.69 Å². The quantitative estimate of drug-likeness (QED) is 0.885. The van der Waals surface area contributed by atoms with Gasteiger partial charge in [0.25, 0.3) is 0 Å². The Morgan fingerprint density at radius 3 is 2.80 bits per heavy atom. The molecule has 1 fully saturated rings. The summed E-state index contributed by atoms with van der Waals surface area (Å²) in [6.45, 7) is 3.16. The first-order valence-corrected chi connectivity index (χ1v) is 6.20. The van der Waals surface area contributed by atoms with Crippen LogP contribution >= 0.6 is 15.9 Å². The number of nitrogens with one attached hydrogen (secondary N) is 1. The van der Waals surface area contributed by atoms with Crippen LogP contribution in [0.2, 0.25) is 0 Å². The maximum Gasteiger partial charge on any atom is 0.0343 e. The molecule has 1 saturated carbocycles. The molecule has 1 aromatic carbocycles. The molecule has 0 saturated heterocycles. The van der Waals surface area contributed by atoms with E-state index >= 15 is 0 Å². The van der Waals surface area contributed by atoms with Gasteiger partial charge in [0.1, 0.15) is 0 Å². The van der Waals surface area contributed by atoms with Crippen molar-refractivity contribution in [2.75, 3.05) is 11.9 Å². The largest absolute Gasteiger partial charge is 0.385 e. The van der Waals surface area contributed by atoms with Crippen molar-refractivity contribution in [1.29, 1.82) is 0 Å². The minimum atomic E-state index is 0.448. The van der Waals surface area contributed by atoms with Crippen molar-refractivity contribution in [3.8, 4) is 0 Å². The van der Waals surface area contributed by atoms with E-state index in [9.17, 15) is 0 Å². The summed E-state index contributed by atoms with van der Waals surface area (Å²) in [5.41, 5.74) is 8.22. The second-order valence-corrected chi connectivity index (χ2v) is 5.30. The number of halogens is 1. The highest BCUT2D eigenvalue weighted by Crippen LogP contribution is 2.26. The molecule has 2 rings (SSSR count). The average Bonchev–Trinajstić information content (AvgIpc) is 2.16. The van der Waals surface area contributed by atoms with E-state index in [4.69, 9.17) is 5.73 Å². The molecule has 0 heterocycles. The van der Waals surface area contributed by atoms with Crippen molar-refractivity contribution in [1.82, 2.24) is 0 Å². The molecular weight excluding hydrogens is 252 g/mol. The van der Waals surface area contributed by atoms with Crippen molar-refractivity contribution in [2.45, 2.75) is 25.8 Å². The normalized spacial score (nSPS) is 24.7. The molecule has 0 amide bonds. The predicted octanol–water partition coefficient (Wildman–Crippen LogP) is 2.91. The van der Waals surface area contributed by atoms with Crippen molar-refractivity contribution >= 4 is 21.6 Å². The lowest BCUT2D eigenvalue weighted by Crippen LogP contribution is -2.39. The highest BCUT2D eigenvalue weighted by molar-refractivity contribution is 9.10. The van der Waals surface area contributed by atoms with Crippen molar-refractivity contribution in [2.24, 2.45) is 11.7 Å². The van der Waals surface area contributed by atoms with Crippen LogP contribution in [0.15, 0.2) is 22.7 Å². The van der Waals surface area contributed by atoms with E-state index in [1.807, 2.05) is 0 Å². The van der Waals surface area contributed by atoms with Gasteiger partial charge in [-0.2, -0.15) is 0 Å². The molecule has 3 heteroatoms. The van der Waals surface area contributed by atoms with Gasteiger partial charge in [-0.3, -0.25) is 0 Å². The first-order chi connectivity index (χ1) is 7.15. The third kappa shape index (κ3) is 2.73. The molecule has 1 aliphatic carbocycles. The minimum Gasteiger partial charge on any atom is -0.385 e. The van der Waals surface area contributed by atoms with Gasteiger partial charge in [-0.05, 0) is 49.4 Å². The molecule has 0 atom stereocenters. The molecule has 1 aliphatic rings. The Labute approximate surface area is 99.4 Å². The third-order valence-electron chi connectivity index (χ3n) is 3.02. The van der Waals surface area contributed by atoms with Gasteiger partial charge in [0.2, 0.25) is 0 Å². The second kappa shape index (κ2) is 4.54. The summed E-state index contributed by atoms with van der Waals surface area (Å²) in [6, 6.07) is 6.81. The van der Waals surface area contributed by atoms with Crippen LogP contribution in [0.25, 0.3) is 0 Å². The summed E-state index contributed by atoms with van der Waals surface area (Å²) in [7, 11) is 0. The van der Waals surface area contributed by atoms with Gasteiger partial charge in [0, 0.05) is 22.7 Å². The number of benzene rings is 1. The topological polar surface area (TPSA) is 38.0 Å². The number of rotatable bonds is 3. The van der Waals surface area contributed by atoms with E-state index in [-0.39, 0.29) is 0 Å². The Balaban J connectivity index is 1.86. The summed E-state index contributed by atoms with van der Waals surface area (Å²) in [4.78, 5) is 0. The van der Waals surface area contributed by atoms with E-state index in [1.54, 1.807) is 0 Å². The monoisotopic (exact) mass is 268 g/mol. The Hall–Kier alpha value is -0.540. The lowest BCUT2D eigenvalue weighted by molar-refractivity contribution is 0.280. The fourth-order valence-corrected chi connectivity index (χ4v) is 2.22. The van der Waals surface area contributed by atoms with Crippen LogP contribution in [-0.4, -0.2) is 12.6 Å². The van der Waals surface area contributed by atoms with Gasteiger partial charge in [0.05, 0.1) is 0 Å². The zero-order valence-corrected chi connectivity index (χ0v) is 10.5. The number of hydrogen-bond acceptors (Lipinski definition) is 2. The second-order valence-electron chi connectivity index (χ2n) is 4.44. The lowest BCUT2D eigenvalue weighted by atomic mass is 9.81. The average molecular weight is 269 g/mol. The van der Waals surface area contributed by atoms with Crippen LogP contribution in [-0.2, 0) is 0 Å². The molecule has 0 spiro atoms. The molecule has 0 bridgehead atoms. The Bertz CT molecular complexity index is 345. The smallest absolute Gasteiger partial charge is 0.0343 e. The first kappa shape index (κ1) is 11.0. The van der Waals surface area contributed by atoms with E-state index in [0.717, 1.165) is 12.5 Å². The number of nitrogens with two attached hydrogens (primary N) is 1. The van der Waals surface area contributed by atoms with Gasteiger partial charge < -0.3 is 11.1 Å². The molecule has 3 N–H and O–H groups in total. The van der Waals surface area contributed by atoms with Gasteiger partial charge in [-0.25, -0.2) is 0 Å². The molecule has 0 unspecified atom stereocenters. The van der Waals surface area contributed by atoms with Gasteiger partial charge >= 0.3 is 0 Å². The zero-order chi connectivity index (χ0) is 10.8. The van der Waals surface area contributed by atoms with Crippen molar-refractivity contribution < 1.29 is 0 Å². The van der Waals surface area contributed by atoms with E-state index in [2.05, 4.69) is 46.4 Å². The van der Waals surface area contributed by atoms with Crippen LogP contribution in [0.5, 0.6) is 0 Å². The summed E-state index contributed by atoms with van der Waals surface area (Å²) in [5.74, 6) is 0.768. The molecule has 15 heavy (non-hydrogen) atoms. The number of anilines is 1. The van der Waals surface area contributed by atoms with Crippen LogP contribution in [0, 0.1) is 12.8 Å². The van der Waals surface area contributed by atoms with E-state index < -0.39 is 0 Å². The summed E-state index contributed by atoms with van der Waals surface area (Å²) in [5, 5.41) is 3.46. The molecule has 82 valence electrons. The van der Waals surface area contributed by atoms with Crippen LogP contribution in [0.1, 0.15) is 18.4 Å². The summed E-state index contributed by atoms with van der Waals surface area (Å²) in [6.07, 6.45) is 2.34. The van der Waals surface area contributed by atoms with E-state index in [1.165, 1.54) is 28.6 Å². The summed E-state index contributed by atoms with van der Waals surface area (Å²) >= 11 is 3.50. The molecular formula is C12H17BrN2. The van der Waals surface area contributed by atoms with E-state index in [0.29, 0.717) is 6.04 Å². The third-order valence-corrected chi connectivity index (χ3v) is 3.91. The predicted molar refractivity (Wildman–Crippen MR) is 68.1 cm³/mol. The molecule has 1 aromatic rings. The highest BCUT2D eigenvalue weighted by atomic mass is 79.9. The SMILES string of the molecule is Cc1cc(NCC2CC(N)C2)ccc1Br. The maximum absolute atomic E-state index is 5.75. The van der Waals surface area contributed by atoms with Crippen LogP contribution < -0.4 is 11.1 Å². The van der Waals surface area contributed by atoms with Gasteiger partial charge in [-0.15, -0.1) is 0 Å². The standard InChI is InChI=1S/C12H17BrN2/c1-8-4-11(2-3-12(8)13)15-7-9-5-10(14)6-9/h2-4,9-10,15H,5-7,14H2,1H3. The molecule has 0 aromatic heterocycles. The molecule has 0 radical (unpaired) electrons. The fourth-order valence-electron chi connectivity index (χ4n) is 1.97. The Morgan fingerprint density at radius 2 is 2.20 bits per heavy atom. The van der Waals surface area contributed by atoms with Gasteiger partial charge in [0.15, 0.2) is 0 Å². The Kier molecular flexibility index (Phi) is 3.32. The Morgan fingerprint density at radius 1 is 1.47 bits per heavy atom. The minimum absolute atomic E-state index is 0.448. The zero-order valence-electron chi connectivity index (χ0n) is 8.96. The number of aryl methyl sites for hydroxylation is 1. The summed E-state index contributed by atoms with van der Waals surface area (Å²) < 4.78 is 1.17.